The van der Waals surface area contributed by atoms with Crippen LogP contribution in [0.1, 0.15) is 27.8 Å². The second kappa shape index (κ2) is 18.8. The second-order valence-electron chi connectivity index (χ2n) is 18.9. The first-order chi connectivity index (χ1) is 38.2. The molecule has 0 aliphatic carbocycles. The average Bonchev–Trinajstić information content (AvgIpc) is 3.98. The number of hydrogen-bond acceptors (Lipinski definition) is 3. The van der Waals surface area contributed by atoms with Gasteiger partial charge in [0.05, 0.1) is 67.1 Å². The van der Waals surface area contributed by atoms with Crippen molar-refractivity contribution < 1.29 is 52.7 Å². The molecule has 0 amide bonds. The van der Waals surface area contributed by atoms with Crippen molar-refractivity contribution in [1.29, 1.82) is 5.26 Å². The van der Waals surface area contributed by atoms with Crippen molar-refractivity contribution in [2.45, 2.75) is 24.7 Å². The van der Waals surface area contributed by atoms with Crippen molar-refractivity contribution in [2.75, 3.05) is 0 Å². The summed E-state index contributed by atoms with van der Waals surface area (Å²) in [5.41, 5.74) is -2.03. The predicted octanol–water partition coefficient (Wildman–Crippen LogP) is 19.0. The lowest BCUT2D eigenvalue weighted by molar-refractivity contribution is -0.144. The summed E-state index contributed by atoms with van der Waals surface area (Å²) in [4.78, 5) is 10.1. The van der Waals surface area contributed by atoms with Crippen LogP contribution in [0.4, 0.5) is 52.7 Å². The van der Waals surface area contributed by atoms with Gasteiger partial charge in [-0.25, -0.2) is 9.97 Å². The van der Waals surface area contributed by atoms with E-state index in [0.717, 1.165) is 17.7 Å². The summed E-state index contributed by atoms with van der Waals surface area (Å²) in [6, 6.07) is 51.5. The lowest BCUT2D eigenvalue weighted by atomic mass is 9.95. The van der Waals surface area contributed by atoms with E-state index in [0.29, 0.717) is 84.1 Å². The number of nitrogens with zero attached hydrogens (tertiary/aromatic N) is 5. The Balaban J connectivity index is 1.16. The van der Waals surface area contributed by atoms with Crippen molar-refractivity contribution >= 4 is 43.6 Å². The molecule has 3 aromatic heterocycles. The fourth-order valence-electron chi connectivity index (χ4n) is 10.5. The van der Waals surface area contributed by atoms with Gasteiger partial charge in [-0.05, 0) is 101 Å². The van der Waals surface area contributed by atoms with E-state index in [1.54, 1.807) is 75.9 Å². The lowest BCUT2D eigenvalue weighted by Gasteiger charge is -2.19. The second-order valence-corrected chi connectivity index (χ2v) is 18.9. The molecule has 17 heteroatoms. The molecular weight excluding hydrogens is 1050 g/mol. The van der Waals surface area contributed by atoms with Gasteiger partial charge in [0.2, 0.25) is 0 Å². The van der Waals surface area contributed by atoms with Crippen LogP contribution in [0, 0.1) is 11.3 Å². The molecule has 9 aromatic carbocycles. The maximum atomic E-state index is 14.7. The summed E-state index contributed by atoms with van der Waals surface area (Å²) < 4.78 is 174. The monoisotopic (exact) mass is 1090 g/mol. The largest absolute Gasteiger partial charge is 0.417 e. The number of fused-ring (bicyclic) bond motifs is 6. The number of aromatic nitrogens is 4. The van der Waals surface area contributed by atoms with Crippen molar-refractivity contribution in [3.63, 3.8) is 0 Å². The first-order valence-electron chi connectivity index (χ1n) is 24.4. The molecule has 0 aliphatic heterocycles. The van der Waals surface area contributed by atoms with Gasteiger partial charge in [0.1, 0.15) is 11.6 Å². The van der Waals surface area contributed by atoms with Crippen molar-refractivity contribution in [2.24, 2.45) is 0 Å². The predicted molar refractivity (Wildman–Crippen MR) is 283 cm³/mol. The van der Waals surface area contributed by atoms with E-state index in [2.05, 4.69) is 6.07 Å². The van der Waals surface area contributed by atoms with Gasteiger partial charge in [-0.1, -0.05) is 121 Å². The van der Waals surface area contributed by atoms with Gasteiger partial charge >= 0.3 is 24.7 Å². The molecule has 12 aromatic rings. The quantitative estimate of drug-likeness (QED) is 0.149. The Labute approximate surface area is 445 Å². The first kappa shape index (κ1) is 51.1. The number of hydrogen-bond donors (Lipinski definition) is 0. The minimum Gasteiger partial charge on any atom is -0.308 e. The third-order valence-corrected chi connectivity index (χ3v) is 14.1. The zero-order valence-electron chi connectivity index (χ0n) is 40.8. The van der Waals surface area contributed by atoms with Crippen LogP contribution in [0.3, 0.4) is 0 Å². The van der Waals surface area contributed by atoms with Gasteiger partial charge in [0.15, 0.2) is 5.82 Å². The molecule has 0 bridgehead atoms. The van der Waals surface area contributed by atoms with E-state index in [4.69, 9.17) is 9.97 Å². The normalized spacial score (nSPS) is 12.5. The molecule has 0 saturated heterocycles. The average molecular weight is 1090 g/mol. The highest BCUT2D eigenvalue weighted by molar-refractivity contribution is 6.12. The maximum Gasteiger partial charge on any atom is 0.417 e. The molecule has 394 valence electrons. The molecule has 0 atom stereocenters. The molecule has 80 heavy (non-hydrogen) atoms. The molecule has 0 fully saturated rings. The van der Waals surface area contributed by atoms with E-state index >= 15 is 0 Å². The van der Waals surface area contributed by atoms with Crippen LogP contribution in [-0.4, -0.2) is 19.1 Å². The van der Waals surface area contributed by atoms with E-state index < -0.39 is 58.1 Å². The fraction of sp³-hybridized carbons (Fsp3) is 0.0635. The summed E-state index contributed by atoms with van der Waals surface area (Å²) >= 11 is 0. The van der Waals surface area contributed by atoms with Gasteiger partial charge in [0.25, 0.3) is 0 Å². The Kier molecular flexibility index (Phi) is 12.0. The summed E-state index contributed by atoms with van der Waals surface area (Å²) in [5, 5.41) is 13.4. The van der Waals surface area contributed by atoms with Crippen LogP contribution < -0.4 is 0 Å². The molecule has 0 radical (unpaired) electrons. The SMILES string of the molecule is N#Cc1c(-n2c3ccccc3c3cc(-c4ccc(C(F)(F)F)cc4C(F)(F)F)ccc32)cc(-c2cc(-c3ccccc3)nc(-c3ccccc3)n2)cc1-n1c2ccccc2c2cc(-c3ccc(C(F)(F)F)cc3C(F)(F)F)ccc21. The lowest BCUT2D eigenvalue weighted by Crippen LogP contribution is -2.12. The van der Waals surface area contributed by atoms with Gasteiger partial charge in [0, 0.05) is 38.2 Å². The van der Waals surface area contributed by atoms with Crippen LogP contribution in [0.25, 0.3) is 111 Å². The minimum atomic E-state index is -5.18. The number of alkyl halides is 12. The van der Waals surface area contributed by atoms with Crippen LogP contribution in [0.15, 0.2) is 200 Å². The number of para-hydroxylation sites is 2. The third kappa shape index (κ3) is 8.92. The maximum absolute atomic E-state index is 14.7. The van der Waals surface area contributed by atoms with Crippen molar-refractivity contribution in [3.8, 4) is 73.6 Å². The standard InChI is InChI=1S/C63H33F12N5/c64-60(65,66)40-21-23-42(49(31-40)62(70,71)72)37-19-25-55-46(27-37)44-15-7-9-17-53(44)79(55)57-29-39(52-33-51(35-11-3-1-4-12-35)77-59(78-52)36-13-5-2-6-14-36)30-58(48(57)34-76)80-54-18-10-8-16-45(54)47-28-38(20-26-56(47)80)43-24-22-41(61(67,68)69)32-50(43)63(73,74)75/h1-33H. The molecule has 12 rings (SSSR count). The fourth-order valence-corrected chi connectivity index (χ4v) is 10.5. The number of halogens is 12. The van der Waals surface area contributed by atoms with Gasteiger partial charge in [-0.3, -0.25) is 0 Å². The highest BCUT2D eigenvalue weighted by Gasteiger charge is 2.40. The Hall–Kier alpha value is -9.69. The summed E-state index contributed by atoms with van der Waals surface area (Å²) in [7, 11) is 0. The van der Waals surface area contributed by atoms with Crippen molar-refractivity contribution in [3.05, 3.63) is 228 Å². The zero-order chi connectivity index (χ0) is 56.0. The van der Waals surface area contributed by atoms with Crippen LogP contribution in [0.5, 0.6) is 0 Å². The first-order valence-corrected chi connectivity index (χ1v) is 24.4. The van der Waals surface area contributed by atoms with Crippen LogP contribution in [0.2, 0.25) is 0 Å². The van der Waals surface area contributed by atoms with E-state index in [-0.39, 0.29) is 40.2 Å². The molecule has 5 nitrogen and oxygen atoms in total. The Morgan fingerprint density at radius 2 is 0.738 bits per heavy atom. The molecule has 0 saturated carbocycles. The molecule has 0 aliphatic rings. The number of benzene rings is 9. The van der Waals surface area contributed by atoms with E-state index in [9.17, 15) is 57.9 Å². The highest BCUT2D eigenvalue weighted by Crippen LogP contribution is 2.47. The van der Waals surface area contributed by atoms with E-state index in [1.807, 2.05) is 60.7 Å². The molecule has 3 heterocycles. The Morgan fingerprint density at radius 1 is 0.338 bits per heavy atom. The molecule has 0 spiro atoms. The zero-order valence-corrected chi connectivity index (χ0v) is 40.8. The highest BCUT2D eigenvalue weighted by atomic mass is 19.4. The topological polar surface area (TPSA) is 59.4 Å². The Morgan fingerprint density at radius 3 is 1.16 bits per heavy atom. The van der Waals surface area contributed by atoms with Crippen LogP contribution in [-0.2, 0) is 24.7 Å². The minimum absolute atomic E-state index is 0.0389. The number of rotatable bonds is 7. The van der Waals surface area contributed by atoms with E-state index in [1.165, 1.54) is 36.4 Å². The molecule has 0 unspecified atom stereocenters. The van der Waals surface area contributed by atoms with Gasteiger partial charge in [-0.2, -0.15) is 57.9 Å². The summed E-state index contributed by atoms with van der Waals surface area (Å²) in [5.74, 6) is 0.339. The van der Waals surface area contributed by atoms with Crippen molar-refractivity contribution in [1.82, 2.24) is 19.1 Å². The summed E-state index contributed by atoms with van der Waals surface area (Å²) in [6.07, 6.45) is -20.5. The summed E-state index contributed by atoms with van der Waals surface area (Å²) in [6.45, 7) is 0. The number of nitriles is 1. The molecule has 0 N–H and O–H groups in total. The Bertz CT molecular complexity index is 4210. The molecular formula is C63H33F12N5. The smallest absolute Gasteiger partial charge is 0.308 e. The van der Waals surface area contributed by atoms with Crippen LogP contribution >= 0.6 is 0 Å². The van der Waals surface area contributed by atoms with Gasteiger partial charge < -0.3 is 9.13 Å². The third-order valence-electron chi connectivity index (χ3n) is 14.1. The van der Waals surface area contributed by atoms with Gasteiger partial charge in [-0.15, -0.1) is 0 Å².